The van der Waals surface area contributed by atoms with Crippen LogP contribution in [0, 0.1) is 5.92 Å². The number of hydrogen-bond donors (Lipinski definition) is 1. The van der Waals surface area contributed by atoms with Crippen LogP contribution in [0.2, 0.25) is 0 Å². The topological polar surface area (TPSA) is 60.2 Å². The summed E-state index contributed by atoms with van der Waals surface area (Å²) in [5.41, 5.74) is 5.86. The molecule has 0 aromatic heterocycles. The fourth-order valence-electron chi connectivity index (χ4n) is 1.07. The molecule has 0 rings (SSSR count). The van der Waals surface area contributed by atoms with Crippen molar-refractivity contribution in [3.05, 3.63) is 0 Å². The van der Waals surface area contributed by atoms with E-state index in [4.69, 9.17) is 5.73 Å². The van der Waals surface area contributed by atoms with Crippen LogP contribution in [0.5, 0.6) is 0 Å². The summed E-state index contributed by atoms with van der Waals surface area (Å²) in [5.74, 6) is 0.427. The molecule has 0 spiro atoms. The Morgan fingerprint density at radius 3 is 1.92 bits per heavy atom. The molecule has 80 valence electrons. The molecule has 0 aliphatic carbocycles. The third-order valence-corrected chi connectivity index (χ3v) is 4.79. The Hall–Kier alpha value is -0.0900. The van der Waals surface area contributed by atoms with Gasteiger partial charge in [-0.2, -0.15) is 0 Å². The first kappa shape index (κ1) is 12.9. The first-order valence-corrected chi connectivity index (χ1v) is 6.43. The Kier molecular flexibility index (Phi) is 3.94. The molecule has 0 bridgehead atoms. The molecule has 0 radical (unpaired) electrons. The average molecular weight is 207 g/mol. The van der Waals surface area contributed by atoms with Crippen molar-refractivity contribution in [3.8, 4) is 0 Å². The third kappa shape index (κ3) is 3.27. The second-order valence-electron chi connectivity index (χ2n) is 4.61. The molecule has 0 aromatic rings. The van der Waals surface area contributed by atoms with E-state index in [0.717, 1.165) is 6.42 Å². The van der Waals surface area contributed by atoms with Gasteiger partial charge in [0.05, 0.1) is 4.75 Å². The minimum absolute atomic E-state index is 0.289. The van der Waals surface area contributed by atoms with Gasteiger partial charge in [-0.05, 0) is 26.2 Å². The molecule has 4 heteroatoms. The van der Waals surface area contributed by atoms with Crippen LogP contribution in [-0.4, -0.2) is 25.5 Å². The SMILES string of the molecule is CC(C)CC(N)C(C)(C)S(C)(=O)=O. The van der Waals surface area contributed by atoms with E-state index in [0.29, 0.717) is 5.92 Å². The van der Waals surface area contributed by atoms with E-state index in [1.165, 1.54) is 6.26 Å². The Bertz CT molecular complexity index is 255. The lowest BCUT2D eigenvalue weighted by molar-refractivity contribution is 0.413. The highest BCUT2D eigenvalue weighted by atomic mass is 32.2. The molecule has 1 atom stereocenters. The maximum absolute atomic E-state index is 11.4. The van der Waals surface area contributed by atoms with Crippen LogP contribution >= 0.6 is 0 Å². The highest BCUT2D eigenvalue weighted by molar-refractivity contribution is 7.92. The third-order valence-electron chi connectivity index (χ3n) is 2.57. The smallest absolute Gasteiger partial charge is 0.154 e. The van der Waals surface area contributed by atoms with Gasteiger partial charge in [-0.15, -0.1) is 0 Å². The van der Waals surface area contributed by atoms with E-state index in [1.54, 1.807) is 13.8 Å². The molecule has 1 unspecified atom stereocenters. The Balaban J connectivity index is 4.65. The number of hydrogen-bond acceptors (Lipinski definition) is 3. The summed E-state index contributed by atoms with van der Waals surface area (Å²) in [6, 6.07) is -0.289. The zero-order valence-electron chi connectivity index (χ0n) is 9.16. The first-order chi connectivity index (χ1) is 5.59. The Morgan fingerprint density at radius 1 is 1.31 bits per heavy atom. The minimum Gasteiger partial charge on any atom is -0.326 e. The van der Waals surface area contributed by atoms with E-state index < -0.39 is 14.6 Å². The van der Waals surface area contributed by atoms with Crippen molar-refractivity contribution in [2.45, 2.75) is 44.9 Å². The van der Waals surface area contributed by atoms with Crippen LogP contribution in [0.15, 0.2) is 0 Å². The molecule has 0 saturated heterocycles. The zero-order chi connectivity index (χ0) is 10.9. The van der Waals surface area contributed by atoms with Gasteiger partial charge in [0.15, 0.2) is 9.84 Å². The molecule has 0 saturated carbocycles. The van der Waals surface area contributed by atoms with Gasteiger partial charge in [0.2, 0.25) is 0 Å². The van der Waals surface area contributed by atoms with Crippen molar-refractivity contribution in [3.63, 3.8) is 0 Å². The van der Waals surface area contributed by atoms with Gasteiger partial charge in [-0.1, -0.05) is 13.8 Å². The quantitative estimate of drug-likeness (QED) is 0.753. The number of nitrogens with two attached hydrogens (primary N) is 1. The first-order valence-electron chi connectivity index (χ1n) is 4.54. The van der Waals surface area contributed by atoms with E-state index in [1.807, 2.05) is 13.8 Å². The van der Waals surface area contributed by atoms with Gasteiger partial charge in [-0.3, -0.25) is 0 Å². The van der Waals surface area contributed by atoms with Crippen LogP contribution in [0.3, 0.4) is 0 Å². The van der Waals surface area contributed by atoms with Gasteiger partial charge in [0.25, 0.3) is 0 Å². The predicted octanol–water partition coefficient (Wildman–Crippen LogP) is 1.18. The van der Waals surface area contributed by atoms with Crippen molar-refractivity contribution in [1.82, 2.24) is 0 Å². The van der Waals surface area contributed by atoms with Crippen LogP contribution in [0.1, 0.15) is 34.1 Å². The Labute approximate surface area is 81.6 Å². The molecule has 0 aliphatic rings. The molecule has 3 nitrogen and oxygen atoms in total. The van der Waals surface area contributed by atoms with Crippen LogP contribution in [0.25, 0.3) is 0 Å². The summed E-state index contributed by atoms with van der Waals surface area (Å²) in [6.07, 6.45) is 1.98. The van der Waals surface area contributed by atoms with Gasteiger partial charge in [0.1, 0.15) is 0 Å². The second kappa shape index (κ2) is 3.96. The largest absolute Gasteiger partial charge is 0.326 e. The molecular weight excluding hydrogens is 186 g/mol. The van der Waals surface area contributed by atoms with Crippen molar-refractivity contribution < 1.29 is 8.42 Å². The predicted molar refractivity (Wildman–Crippen MR) is 56.4 cm³/mol. The van der Waals surface area contributed by atoms with Crippen molar-refractivity contribution in [2.75, 3.05) is 6.26 Å². The summed E-state index contributed by atoms with van der Waals surface area (Å²) in [5, 5.41) is 0. The maximum Gasteiger partial charge on any atom is 0.154 e. The fraction of sp³-hybridized carbons (Fsp3) is 1.00. The van der Waals surface area contributed by atoms with Gasteiger partial charge in [-0.25, -0.2) is 8.42 Å². The molecule has 13 heavy (non-hydrogen) atoms. The normalized spacial score (nSPS) is 16.2. The van der Waals surface area contributed by atoms with Gasteiger partial charge >= 0.3 is 0 Å². The van der Waals surface area contributed by atoms with E-state index in [-0.39, 0.29) is 6.04 Å². The minimum atomic E-state index is -3.07. The highest BCUT2D eigenvalue weighted by Gasteiger charge is 2.36. The summed E-state index contributed by atoms with van der Waals surface area (Å²) in [7, 11) is -3.07. The maximum atomic E-state index is 11.4. The lowest BCUT2D eigenvalue weighted by Gasteiger charge is -2.30. The van der Waals surface area contributed by atoms with Crippen LogP contribution < -0.4 is 5.73 Å². The van der Waals surface area contributed by atoms with Crippen LogP contribution in [-0.2, 0) is 9.84 Å². The molecule has 0 aliphatic heterocycles. The van der Waals surface area contributed by atoms with E-state index >= 15 is 0 Å². The van der Waals surface area contributed by atoms with Crippen molar-refractivity contribution in [2.24, 2.45) is 11.7 Å². The molecule has 0 aromatic carbocycles. The Morgan fingerprint density at radius 2 is 1.69 bits per heavy atom. The summed E-state index contributed by atoms with van der Waals surface area (Å²) >= 11 is 0. The molecule has 0 heterocycles. The standard InChI is InChI=1S/C9H21NO2S/c1-7(2)6-8(10)9(3,4)13(5,11)12/h7-8H,6,10H2,1-5H3. The fourth-order valence-corrected chi connectivity index (χ4v) is 1.71. The summed E-state index contributed by atoms with van der Waals surface area (Å²) in [4.78, 5) is 0. The van der Waals surface area contributed by atoms with Crippen molar-refractivity contribution in [1.29, 1.82) is 0 Å². The summed E-state index contributed by atoms with van der Waals surface area (Å²) in [6.45, 7) is 7.46. The monoisotopic (exact) mass is 207 g/mol. The number of sulfone groups is 1. The number of rotatable bonds is 4. The van der Waals surface area contributed by atoms with Gasteiger partial charge < -0.3 is 5.73 Å². The lowest BCUT2D eigenvalue weighted by atomic mass is 9.95. The average Bonchev–Trinajstić information content (AvgIpc) is 1.82. The van der Waals surface area contributed by atoms with Gasteiger partial charge in [0, 0.05) is 12.3 Å². The molecular formula is C9H21NO2S. The van der Waals surface area contributed by atoms with E-state index in [9.17, 15) is 8.42 Å². The zero-order valence-corrected chi connectivity index (χ0v) is 9.98. The van der Waals surface area contributed by atoms with Crippen LogP contribution in [0.4, 0.5) is 0 Å². The second-order valence-corrected chi connectivity index (χ2v) is 7.21. The molecule has 2 N–H and O–H groups in total. The molecule has 0 amide bonds. The highest BCUT2D eigenvalue weighted by Crippen LogP contribution is 2.22. The lowest BCUT2D eigenvalue weighted by Crippen LogP contribution is -2.49. The summed E-state index contributed by atoms with van der Waals surface area (Å²) < 4.78 is 22.0. The van der Waals surface area contributed by atoms with E-state index in [2.05, 4.69) is 0 Å². The van der Waals surface area contributed by atoms with Crippen molar-refractivity contribution >= 4 is 9.84 Å². The molecule has 0 fully saturated rings.